The largest absolute Gasteiger partial charge is 0.434 e. The molecule has 2 aromatic carbocycles. The summed E-state index contributed by atoms with van der Waals surface area (Å²) >= 11 is 0. The van der Waals surface area contributed by atoms with Crippen LogP contribution in [0.1, 0.15) is 29.7 Å². The van der Waals surface area contributed by atoms with Crippen LogP contribution in [0.25, 0.3) is 10.8 Å². The van der Waals surface area contributed by atoms with Gasteiger partial charge in [-0.15, -0.1) is 0 Å². The summed E-state index contributed by atoms with van der Waals surface area (Å²) in [6.45, 7) is 1.32. The van der Waals surface area contributed by atoms with E-state index in [-0.39, 0.29) is 12.1 Å². The Hall–Kier alpha value is -4.25. The number of ether oxygens (including phenoxy) is 1. The topological polar surface area (TPSA) is 149 Å². The van der Waals surface area contributed by atoms with Crippen LogP contribution in [0, 0.1) is 0 Å². The Morgan fingerprint density at radius 1 is 1.12 bits per heavy atom. The fraction of sp³-hybridized carbons (Fsp3) is 0.261. The van der Waals surface area contributed by atoms with Gasteiger partial charge in [0.2, 0.25) is 12.2 Å². The van der Waals surface area contributed by atoms with E-state index in [1.54, 1.807) is 18.2 Å². The van der Waals surface area contributed by atoms with Gasteiger partial charge in [0, 0.05) is 18.8 Å². The molecule has 1 fully saturated rings. The number of aryl methyl sites for hydroxylation is 1. The minimum Gasteiger partial charge on any atom is -0.434 e. The monoisotopic (exact) mass is 466 g/mol. The highest BCUT2D eigenvalue weighted by molar-refractivity contribution is 6.06. The zero-order valence-corrected chi connectivity index (χ0v) is 18.3. The van der Waals surface area contributed by atoms with E-state index in [1.165, 1.54) is 20.2 Å². The van der Waals surface area contributed by atoms with Gasteiger partial charge in [0.1, 0.15) is 17.8 Å². The molecule has 0 spiro atoms. The van der Waals surface area contributed by atoms with Crippen molar-refractivity contribution in [3.8, 4) is 0 Å². The molecule has 0 bridgehead atoms. The average Bonchev–Trinajstić information content (AvgIpc) is 3.13. The molecule has 3 N–H and O–H groups in total. The van der Waals surface area contributed by atoms with Crippen molar-refractivity contribution in [3.05, 3.63) is 75.1 Å². The third kappa shape index (κ3) is 4.33. The minimum absolute atomic E-state index is 0.195. The summed E-state index contributed by atoms with van der Waals surface area (Å²) < 4.78 is 6.34. The number of nitrogens with one attached hydrogen (secondary N) is 2. The van der Waals surface area contributed by atoms with E-state index in [9.17, 15) is 29.1 Å². The van der Waals surface area contributed by atoms with Crippen molar-refractivity contribution in [1.29, 1.82) is 0 Å². The number of carbonyl (C=O) groups is 3. The number of fused-ring (bicyclic) bond motifs is 1. The van der Waals surface area contributed by atoms with Gasteiger partial charge in [0.15, 0.2) is 0 Å². The van der Waals surface area contributed by atoms with E-state index in [2.05, 4.69) is 15.4 Å². The normalized spacial score (nSPS) is 18.4. The van der Waals surface area contributed by atoms with Crippen LogP contribution in [-0.4, -0.2) is 44.4 Å². The lowest BCUT2D eigenvalue weighted by molar-refractivity contribution is -0.155. The summed E-state index contributed by atoms with van der Waals surface area (Å²) in [6.07, 6.45) is -0.581. The van der Waals surface area contributed by atoms with Crippen molar-refractivity contribution in [2.75, 3.05) is 5.32 Å². The van der Waals surface area contributed by atoms with Gasteiger partial charge in [0.05, 0.1) is 6.42 Å². The quantitative estimate of drug-likeness (QED) is 0.457. The molecular formula is C23H22N4O7. The van der Waals surface area contributed by atoms with Gasteiger partial charge < -0.3 is 25.0 Å². The smallest absolute Gasteiger partial charge is 0.331 e. The number of aliphatic hydroxyl groups excluding tert-OH is 1. The molecule has 176 valence electrons. The second kappa shape index (κ2) is 8.94. The van der Waals surface area contributed by atoms with E-state index in [0.717, 1.165) is 15.3 Å². The molecule has 3 unspecified atom stereocenters. The molecule has 0 radical (unpaired) electrons. The van der Waals surface area contributed by atoms with Crippen molar-refractivity contribution in [1.82, 2.24) is 14.5 Å². The van der Waals surface area contributed by atoms with Crippen LogP contribution >= 0.6 is 0 Å². The lowest BCUT2D eigenvalue weighted by Crippen LogP contribution is -2.49. The van der Waals surface area contributed by atoms with Gasteiger partial charge >= 0.3 is 11.7 Å². The number of benzene rings is 2. The van der Waals surface area contributed by atoms with Gasteiger partial charge in [-0.05, 0) is 29.8 Å². The van der Waals surface area contributed by atoms with Gasteiger partial charge in [-0.25, -0.2) is 9.36 Å². The van der Waals surface area contributed by atoms with Gasteiger partial charge in [-0.3, -0.25) is 19.2 Å². The number of nitrogens with zero attached hydrogens (tertiary/aromatic N) is 2. The van der Waals surface area contributed by atoms with Crippen LogP contribution in [0.4, 0.5) is 5.69 Å². The maximum absolute atomic E-state index is 13.0. The van der Waals surface area contributed by atoms with Gasteiger partial charge in [-0.2, -0.15) is 0 Å². The third-order valence-corrected chi connectivity index (χ3v) is 5.62. The van der Waals surface area contributed by atoms with Crippen molar-refractivity contribution < 1.29 is 24.2 Å². The molecule has 0 saturated carbocycles. The molecule has 1 aliphatic heterocycles. The first-order valence-electron chi connectivity index (χ1n) is 10.5. The average molecular weight is 466 g/mol. The number of hydrogen-bond acceptors (Lipinski definition) is 7. The number of carbonyl (C=O) groups excluding carboxylic acids is 3. The van der Waals surface area contributed by atoms with Crippen molar-refractivity contribution in [2.24, 2.45) is 7.05 Å². The molecule has 2 heterocycles. The van der Waals surface area contributed by atoms with Crippen LogP contribution in [-0.2, 0) is 21.4 Å². The molecule has 0 aliphatic carbocycles. The standard InChI is InChI=1S/C23H22N4O7/c1-12(19(29)24-16-10-18(28)34-22(16)32)27-21(31)17(11-26(2)23(27)33)25-20(30)15-8-7-13-5-3-4-6-14(13)9-15/h3-9,11-12,16,22,32H,10H2,1-2H3,(H,24,29)(H,25,30). The Bertz CT molecular complexity index is 1420. The van der Waals surface area contributed by atoms with Crippen LogP contribution in [0.5, 0.6) is 0 Å². The predicted octanol–water partition coefficient (Wildman–Crippen LogP) is 0.264. The first kappa shape index (κ1) is 22.9. The van der Waals surface area contributed by atoms with E-state index in [4.69, 9.17) is 0 Å². The Labute approximate surface area is 192 Å². The molecule has 3 aromatic rings. The summed E-state index contributed by atoms with van der Waals surface area (Å²) in [4.78, 5) is 62.5. The molecular weight excluding hydrogens is 444 g/mol. The Kier molecular flexibility index (Phi) is 6.03. The van der Waals surface area contributed by atoms with Crippen LogP contribution in [0.3, 0.4) is 0 Å². The Balaban J connectivity index is 1.61. The number of amides is 2. The Morgan fingerprint density at radius 2 is 1.82 bits per heavy atom. The lowest BCUT2D eigenvalue weighted by atomic mass is 10.1. The fourth-order valence-electron chi connectivity index (χ4n) is 3.73. The number of cyclic esters (lactones) is 1. The molecule has 11 heteroatoms. The number of esters is 1. The summed E-state index contributed by atoms with van der Waals surface area (Å²) in [5, 5.41) is 16.4. The van der Waals surface area contributed by atoms with E-state index in [0.29, 0.717) is 10.1 Å². The number of aliphatic hydroxyl groups is 1. The highest BCUT2D eigenvalue weighted by Crippen LogP contribution is 2.17. The molecule has 1 aromatic heterocycles. The number of anilines is 1. The second-order valence-corrected chi connectivity index (χ2v) is 8.00. The molecule has 11 nitrogen and oxygen atoms in total. The molecule has 1 aliphatic rings. The summed E-state index contributed by atoms with van der Waals surface area (Å²) in [7, 11) is 1.38. The van der Waals surface area contributed by atoms with E-state index >= 15 is 0 Å². The zero-order valence-electron chi connectivity index (χ0n) is 18.3. The van der Waals surface area contributed by atoms with Crippen molar-refractivity contribution in [3.63, 3.8) is 0 Å². The van der Waals surface area contributed by atoms with Crippen LogP contribution < -0.4 is 21.9 Å². The van der Waals surface area contributed by atoms with Crippen LogP contribution in [0.15, 0.2) is 58.3 Å². The fourth-order valence-corrected chi connectivity index (χ4v) is 3.73. The molecule has 34 heavy (non-hydrogen) atoms. The maximum atomic E-state index is 13.0. The Morgan fingerprint density at radius 3 is 2.50 bits per heavy atom. The number of hydrogen-bond donors (Lipinski definition) is 3. The summed E-state index contributed by atoms with van der Waals surface area (Å²) in [6, 6.07) is 10.3. The van der Waals surface area contributed by atoms with Gasteiger partial charge in [-0.1, -0.05) is 30.3 Å². The maximum Gasteiger partial charge on any atom is 0.331 e. The highest BCUT2D eigenvalue weighted by atomic mass is 16.6. The first-order chi connectivity index (χ1) is 16.2. The highest BCUT2D eigenvalue weighted by Gasteiger charge is 2.36. The van der Waals surface area contributed by atoms with Crippen molar-refractivity contribution in [2.45, 2.75) is 31.7 Å². The van der Waals surface area contributed by atoms with E-state index < -0.39 is 47.4 Å². The molecule has 3 atom stereocenters. The third-order valence-electron chi connectivity index (χ3n) is 5.62. The molecule has 1 saturated heterocycles. The van der Waals surface area contributed by atoms with Crippen molar-refractivity contribution >= 4 is 34.2 Å². The minimum atomic E-state index is -1.52. The number of aromatic nitrogens is 2. The first-order valence-corrected chi connectivity index (χ1v) is 10.5. The zero-order chi connectivity index (χ0) is 24.6. The lowest BCUT2D eigenvalue weighted by Gasteiger charge is -2.20. The number of rotatable bonds is 5. The second-order valence-electron chi connectivity index (χ2n) is 8.00. The van der Waals surface area contributed by atoms with Gasteiger partial charge in [0.25, 0.3) is 11.5 Å². The van der Waals surface area contributed by atoms with E-state index in [1.807, 2.05) is 24.3 Å². The summed E-state index contributed by atoms with van der Waals surface area (Å²) in [5.74, 6) is -2.02. The molecule has 2 amide bonds. The molecule has 4 rings (SSSR count). The summed E-state index contributed by atoms with van der Waals surface area (Å²) in [5.41, 5.74) is -1.54. The SMILES string of the molecule is CC(C(=O)NC1CC(=O)OC1O)n1c(=O)c(NC(=O)c2ccc3ccccc3c2)cn(C)c1=O. The predicted molar refractivity (Wildman–Crippen MR) is 121 cm³/mol. The van der Waals surface area contributed by atoms with Crippen LogP contribution in [0.2, 0.25) is 0 Å².